The number of fused-ring (bicyclic) bond motifs is 4. The van der Waals surface area contributed by atoms with Crippen LogP contribution >= 0.6 is 0 Å². The van der Waals surface area contributed by atoms with Crippen molar-refractivity contribution in [2.75, 3.05) is 16.5 Å². The summed E-state index contributed by atoms with van der Waals surface area (Å²) < 4.78 is 8.67. The van der Waals surface area contributed by atoms with Gasteiger partial charge in [-0.25, -0.2) is 4.98 Å². The third kappa shape index (κ3) is 5.39. The smallest absolute Gasteiger partial charge is 0.509 e. The first-order valence-corrected chi connectivity index (χ1v) is 15.8. The van der Waals surface area contributed by atoms with Gasteiger partial charge in [0.15, 0.2) is 0 Å². The summed E-state index contributed by atoms with van der Waals surface area (Å²) in [6.07, 6.45) is 1.90. The molecule has 0 unspecified atom stereocenters. The third-order valence-electron chi connectivity index (χ3n) is 8.96. The van der Waals surface area contributed by atoms with Crippen LogP contribution in [0, 0.1) is 26.0 Å². The van der Waals surface area contributed by atoms with Crippen LogP contribution in [-0.4, -0.2) is 22.3 Å². The van der Waals surface area contributed by atoms with Crippen LogP contribution in [0.3, 0.4) is 0 Å². The predicted molar refractivity (Wildman–Crippen MR) is 189 cm³/mol. The molecule has 6 heteroatoms. The molecule has 8 rings (SSSR count). The molecule has 2 aromatic heterocycles. The third-order valence-corrected chi connectivity index (χ3v) is 8.96. The Hall–Kier alpha value is -4.86. The molecule has 0 amide bonds. The van der Waals surface area contributed by atoms with Gasteiger partial charge in [-0.3, -0.25) is 0 Å². The van der Waals surface area contributed by atoms with E-state index in [4.69, 9.17) is 9.72 Å². The van der Waals surface area contributed by atoms with Gasteiger partial charge >= 0.3 is 21.1 Å². The van der Waals surface area contributed by atoms with Crippen molar-refractivity contribution in [2.24, 2.45) is 0 Å². The minimum absolute atomic E-state index is 0. The molecule has 0 bridgehead atoms. The number of pyridine rings is 1. The van der Waals surface area contributed by atoms with E-state index < -0.39 is 0 Å². The predicted octanol–water partition coefficient (Wildman–Crippen LogP) is 10.2. The van der Waals surface area contributed by atoms with E-state index in [-0.39, 0.29) is 21.1 Å². The molecule has 0 radical (unpaired) electrons. The van der Waals surface area contributed by atoms with Crippen molar-refractivity contribution in [1.29, 1.82) is 0 Å². The molecule has 0 saturated heterocycles. The van der Waals surface area contributed by atoms with Crippen LogP contribution in [0.25, 0.3) is 38.8 Å². The van der Waals surface area contributed by atoms with E-state index in [1.54, 1.807) is 0 Å². The summed E-state index contributed by atoms with van der Waals surface area (Å²) in [7, 11) is 0. The summed E-state index contributed by atoms with van der Waals surface area (Å²) in [4.78, 5) is 9.56. The van der Waals surface area contributed by atoms with E-state index in [0.717, 1.165) is 45.5 Å². The SMILES string of the molecule is Cc1cccc(C)c1-c1ccnc(-n2c3[c-]c(Oc4[c-]c(N5CN(C(C)C)c6ccccc65)ccc4)ccc3c3ccccc32)c1.[Pt+2]. The van der Waals surface area contributed by atoms with Crippen molar-refractivity contribution in [3.05, 3.63) is 139 Å². The van der Waals surface area contributed by atoms with Gasteiger partial charge < -0.3 is 19.1 Å². The zero-order valence-corrected chi connectivity index (χ0v) is 29.0. The monoisotopic (exact) mass is 793 g/mol. The molecule has 0 saturated carbocycles. The summed E-state index contributed by atoms with van der Waals surface area (Å²) in [6.45, 7) is 9.54. The first-order chi connectivity index (χ1) is 22.5. The Kier molecular flexibility index (Phi) is 8.11. The van der Waals surface area contributed by atoms with Crippen LogP contribution < -0.4 is 14.5 Å². The summed E-state index contributed by atoms with van der Waals surface area (Å²) in [5, 5.41) is 2.25. The van der Waals surface area contributed by atoms with Gasteiger partial charge in [-0.2, -0.15) is 12.1 Å². The molecule has 7 aromatic rings. The maximum absolute atomic E-state index is 6.48. The molecule has 0 atom stereocenters. The molecule has 5 aromatic carbocycles. The molecule has 3 heterocycles. The number of para-hydroxylation sites is 3. The largest absolute Gasteiger partial charge is 2.00 e. The number of rotatable bonds is 6. The van der Waals surface area contributed by atoms with Gasteiger partial charge in [0, 0.05) is 29.3 Å². The number of nitrogens with zero attached hydrogens (tertiary/aromatic N) is 4. The minimum Gasteiger partial charge on any atom is -0.509 e. The molecule has 1 aliphatic heterocycles. The van der Waals surface area contributed by atoms with Gasteiger partial charge in [0.2, 0.25) is 0 Å². The Labute approximate surface area is 290 Å². The van der Waals surface area contributed by atoms with Gasteiger partial charge in [0.25, 0.3) is 0 Å². The standard InChI is InChI=1S/C41H34N4O.Pt/c1-27(2)43-26-44(38-18-8-7-17-37(38)43)31-13-10-14-32(24-31)46-33-19-20-35-34-15-5-6-16-36(34)45(39(35)25-33)40-23-30(21-22-42-40)41-28(3)11-9-12-29(41)4;/h5-23,27H,26H2,1-4H3;/q-2;+2. The van der Waals surface area contributed by atoms with Crippen molar-refractivity contribution < 1.29 is 25.8 Å². The maximum Gasteiger partial charge on any atom is 2.00 e. The zero-order chi connectivity index (χ0) is 31.4. The molecular weight excluding hydrogens is 760 g/mol. The number of hydrogen-bond donors (Lipinski definition) is 0. The normalized spacial score (nSPS) is 12.5. The second kappa shape index (κ2) is 12.4. The fourth-order valence-corrected chi connectivity index (χ4v) is 6.80. The summed E-state index contributed by atoms with van der Waals surface area (Å²) in [5.41, 5.74) is 10.3. The van der Waals surface area contributed by atoms with Crippen LogP contribution in [0.4, 0.5) is 17.1 Å². The average molecular weight is 794 g/mol. The summed E-state index contributed by atoms with van der Waals surface area (Å²) in [5.74, 6) is 2.11. The Balaban J connectivity index is 0.00000351. The Morgan fingerprint density at radius 3 is 2.26 bits per heavy atom. The van der Waals surface area contributed by atoms with Gasteiger partial charge in [-0.1, -0.05) is 59.7 Å². The number of ether oxygens (including phenoxy) is 1. The van der Waals surface area contributed by atoms with Crippen molar-refractivity contribution in [3.63, 3.8) is 0 Å². The topological polar surface area (TPSA) is 33.5 Å². The van der Waals surface area contributed by atoms with Crippen LogP contribution in [0.1, 0.15) is 25.0 Å². The number of aryl methyl sites for hydroxylation is 2. The molecule has 0 aliphatic carbocycles. The quantitative estimate of drug-likeness (QED) is 0.157. The van der Waals surface area contributed by atoms with Crippen LogP contribution in [0.15, 0.2) is 115 Å². The van der Waals surface area contributed by atoms with E-state index in [0.29, 0.717) is 17.5 Å². The average Bonchev–Trinajstić information content (AvgIpc) is 3.61. The first kappa shape index (κ1) is 30.8. The van der Waals surface area contributed by atoms with Crippen molar-refractivity contribution in [1.82, 2.24) is 9.55 Å². The van der Waals surface area contributed by atoms with Crippen molar-refractivity contribution in [2.45, 2.75) is 33.7 Å². The molecule has 1 aliphatic rings. The number of anilines is 3. The molecule has 0 spiro atoms. The molecule has 0 fully saturated rings. The van der Waals surface area contributed by atoms with Crippen molar-refractivity contribution in [3.8, 4) is 28.4 Å². The van der Waals surface area contributed by atoms with Crippen molar-refractivity contribution >= 4 is 38.9 Å². The number of aromatic nitrogens is 2. The Morgan fingerprint density at radius 1 is 0.723 bits per heavy atom. The van der Waals surface area contributed by atoms with E-state index in [9.17, 15) is 0 Å². The Bertz CT molecular complexity index is 2230. The van der Waals surface area contributed by atoms with Gasteiger partial charge in [-0.05, 0) is 85.7 Å². The van der Waals surface area contributed by atoms with Crippen LogP contribution in [0.2, 0.25) is 0 Å². The van der Waals surface area contributed by atoms with E-state index >= 15 is 0 Å². The summed E-state index contributed by atoms with van der Waals surface area (Å²) >= 11 is 0. The van der Waals surface area contributed by atoms with Crippen LogP contribution in [-0.2, 0) is 21.1 Å². The van der Waals surface area contributed by atoms with Gasteiger partial charge in [-0.15, -0.1) is 35.7 Å². The van der Waals surface area contributed by atoms with E-state index in [1.807, 2.05) is 24.4 Å². The zero-order valence-electron chi connectivity index (χ0n) is 26.8. The maximum atomic E-state index is 6.48. The molecular formula is C41H34N4OPt. The number of benzene rings is 5. The first-order valence-electron chi connectivity index (χ1n) is 15.8. The molecule has 0 N–H and O–H groups in total. The van der Waals surface area contributed by atoms with E-state index in [1.165, 1.54) is 28.1 Å². The second-order valence-corrected chi connectivity index (χ2v) is 12.2. The molecule has 5 nitrogen and oxygen atoms in total. The Morgan fingerprint density at radius 2 is 1.45 bits per heavy atom. The minimum atomic E-state index is 0. The van der Waals surface area contributed by atoms with Gasteiger partial charge in [0.1, 0.15) is 5.82 Å². The van der Waals surface area contributed by atoms with Gasteiger partial charge in [0.05, 0.1) is 18.0 Å². The summed E-state index contributed by atoms with van der Waals surface area (Å²) in [6, 6.07) is 45.4. The fourth-order valence-electron chi connectivity index (χ4n) is 6.80. The number of hydrogen-bond acceptors (Lipinski definition) is 4. The second-order valence-electron chi connectivity index (χ2n) is 12.2. The molecule has 234 valence electrons. The van der Waals surface area contributed by atoms with Crippen LogP contribution in [0.5, 0.6) is 11.5 Å². The fraction of sp³-hybridized carbons (Fsp3) is 0.146. The van der Waals surface area contributed by atoms with E-state index in [2.05, 4.69) is 145 Å². The molecule has 47 heavy (non-hydrogen) atoms.